The van der Waals surface area contributed by atoms with Crippen LogP contribution in [0.15, 0.2) is 24.3 Å². The van der Waals surface area contributed by atoms with Crippen LogP contribution in [-0.4, -0.2) is 41.1 Å². The van der Waals surface area contributed by atoms with Gasteiger partial charge in [0.1, 0.15) is 17.3 Å². The highest BCUT2D eigenvalue weighted by Gasteiger charge is 2.53. The molecule has 0 aliphatic heterocycles. The Morgan fingerprint density at radius 2 is 1.68 bits per heavy atom. The molecule has 0 bridgehead atoms. The van der Waals surface area contributed by atoms with E-state index < -0.39 is 29.3 Å². The van der Waals surface area contributed by atoms with Crippen molar-refractivity contribution in [2.75, 3.05) is 7.11 Å². The summed E-state index contributed by atoms with van der Waals surface area (Å²) in [7, 11) is 1.27. The van der Waals surface area contributed by atoms with E-state index in [0.29, 0.717) is 11.1 Å². The topological polar surface area (TPSA) is 97.7 Å². The van der Waals surface area contributed by atoms with Crippen LogP contribution in [0.5, 0.6) is 0 Å². The molecule has 0 spiro atoms. The minimum Gasteiger partial charge on any atom is -0.465 e. The summed E-state index contributed by atoms with van der Waals surface area (Å²) in [5.41, 5.74) is -0.652. The minimum absolute atomic E-state index is 0.238. The van der Waals surface area contributed by atoms with Gasteiger partial charge in [-0.2, -0.15) is 0 Å². The number of esters is 1. The minimum atomic E-state index is -1.53. The zero-order valence-corrected chi connectivity index (χ0v) is 14.7. The number of carbonyl (C=O) groups excluding carboxylic acids is 4. The van der Waals surface area contributed by atoms with Crippen LogP contribution < -0.4 is 0 Å². The molecule has 4 atom stereocenters. The van der Waals surface area contributed by atoms with Crippen molar-refractivity contribution in [1.82, 2.24) is 0 Å². The molecular formula is C19H22O6. The maximum absolute atomic E-state index is 12.5. The highest BCUT2D eigenvalue weighted by atomic mass is 16.5. The lowest BCUT2D eigenvalue weighted by Gasteiger charge is -2.44. The standard InChI is InChI=1S/C19H22O6/c1-10(20)15-14(22)9-19(3,24)17(11(2)21)16(15)12-5-7-13(8-6-12)18(23)25-4/h5-8,15-17,24H,9H2,1-4H3/t15-,16+,17+,19+/m0/s1. The van der Waals surface area contributed by atoms with Crippen molar-refractivity contribution in [3.8, 4) is 0 Å². The fraction of sp³-hybridized carbons (Fsp3) is 0.474. The van der Waals surface area contributed by atoms with Gasteiger partial charge in [0, 0.05) is 12.3 Å². The van der Waals surface area contributed by atoms with Crippen LogP contribution in [0.1, 0.15) is 49.0 Å². The molecule has 6 nitrogen and oxygen atoms in total. The Hall–Kier alpha value is -2.34. The molecule has 0 amide bonds. The van der Waals surface area contributed by atoms with Crippen molar-refractivity contribution in [3.05, 3.63) is 35.4 Å². The highest BCUT2D eigenvalue weighted by molar-refractivity contribution is 6.05. The quantitative estimate of drug-likeness (QED) is 0.658. The van der Waals surface area contributed by atoms with Crippen molar-refractivity contribution < 1.29 is 29.0 Å². The van der Waals surface area contributed by atoms with Crippen molar-refractivity contribution in [3.63, 3.8) is 0 Å². The second kappa shape index (κ2) is 6.88. The Kier molecular flexibility index (Phi) is 5.23. The van der Waals surface area contributed by atoms with Gasteiger partial charge in [0.2, 0.25) is 0 Å². The third-order valence-electron chi connectivity index (χ3n) is 4.86. The predicted octanol–water partition coefficient (Wildman–Crippen LogP) is 1.69. The normalized spacial score (nSPS) is 29.2. The van der Waals surface area contributed by atoms with E-state index in [0.717, 1.165) is 0 Å². The van der Waals surface area contributed by atoms with Crippen LogP contribution >= 0.6 is 0 Å². The van der Waals surface area contributed by atoms with Crippen molar-refractivity contribution >= 4 is 23.3 Å². The van der Waals surface area contributed by atoms with Gasteiger partial charge in [-0.05, 0) is 38.5 Å². The first-order valence-corrected chi connectivity index (χ1v) is 8.04. The van der Waals surface area contributed by atoms with E-state index in [1.54, 1.807) is 12.1 Å². The number of ketones is 3. The molecule has 1 N–H and O–H groups in total. The lowest BCUT2D eigenvalue weighted by Crippen LogP contribution is -2.53. The molecule has 2 rings (SSSR count). The SMILES string of the molecule is COC(=O)c1ccc([C@@H]2[C@@H](C(C)=O)C(=O)C[C@@](C)(O)[C@@H]2C(C)=O)cc1. The summed E-state index contributed by atoms with van der Waals surface area (Å²) < 4.78 is 4.65. The number of carbonyl (C=O) groups is 4. The van der Waals surface area contributed by atoms with Gasteiger partial charge in [-0.15, -0.1) is 0 Å². The summed E-state index contributed by atoms with van der Waals surface area (Å²) in [6.07, 6.45) is -0.238. The molecular weight excluding hydrogens is 324 g/mol. The molecule has 1 aromatic carbocycles. The van der Waals surface area contributed by atoms with Gasteiger partial charge >= 0.3 is 5.97 Å². The van der Waals surface area contributed by atoms with E-state index in [2.05, 4.69) is 4.74 Å². The zero-order chi connectivity index (χ0) is 18.9. The van der Waals surface area contributed by atoms with Gasteiger partial charge in [-0.25, -0.2) is 4.79 Å². The first-order chi connectivity index (χ1) is 11.6. The molecule has 134 valence electrons. The van der Waals surface area contributed by atoms with Crippen LogP contribution in [0.3, 0.4) is 0 Å². The van der Waals surface area contributed by atoms with Gasteiger partial charge < -0.3 is 9.84 Å². The number of aliphatic hydroxyl groups is 1. The second-order valence-electron chi connectivity index (χ2n) is 6.82. The molecule has 1 aliphatic rings. The lowest BCUT2D eigenvalue weighted by atomic mass is 9.60. The van der Waals surface area contributed by atoms with Crippen LogP contribution in [0.25, 0.3) is 0 Å². The molecule has 0 radical (unpaired) electrons. The Labute approximate surface area is 146 Å². The zero-order valence-electron chi connectivity index (χ0n) is 14.7. The van der Waals surface area contributed by atoms with E-state index >= 15 is 0 Å². The monoisotopic (exact) mass is 346 g/mol. The molecule has 1 aromatic rings. The summed E-state index contributed by atoms with van der Waals surface area (Å²) in [4.78, 5) is 48.4. The fourth-order valence-electron chi connectivity index (χ4n) is 3.87. The maximum atomic E-state index is 12.5. The number of Topliss-reactive ketones (excluding diaryl/α,β-unsaturated/α-hetero) is 3. The number of hydrogen-bond donors (Lipinski definition) is 1. The Balaban J connectivity index is 2.56. The van der Waals surface area contributed by atoms with Crippen molar-refractivity contribution in [1.29, 1.82) is 0 Å². The predicted molar refractivity (Wildman–Crippen MR) is 89.1 cm³/mol. The van der Waals surface area contributed by atoms with Gasteiger partial charge in [0.05, 0.1) is 30.1 Å². The average Bonchev–Trinajstić information content (AvgIpc) is 2.51. The lowest BCUT2D eigenvalue weighted by molar-refractivity contribution is -0.151. The average molecular weight is 346 g/mol. The van der Waals surface area contributed by atoms with Crippen LogP contribution in [0, 0.1) is 11.8 Å². The molecule has 25 heavy (non-hydrogen) atoms. The summed E-state index contributed by atoms with van der Waals surface area (Å²) in [6.45, 7) is 4.11. The van der Waals surface area contributed by atoms with E-state index in [4.69, 9.17) is 0 Å². The Morgan fingerprint density at radius 1 is 1.12 bits per heavy atom. The van der Waals surface area contributed by atoms with E-state index in [1.807, 2.05) is 0 Å². The van der Waals surface area contributed by atoms with Gasteiger partial charge in [0.25, 0.3) is 0 Å². The van der Waals surface area contributed by atoms with Crippen LogP contribution in [0.2, 0.25) is 0 Å². The third kappa shape index (κ3) is 3.54. The van der Waals surface area contributed by atoms with Crippen LogP contribution in [-0.2, 0) is 19.1 Å². The van der Waals surface area contributed by atoms with Crippen molar-refractivity contribution in [2.45, 2.75) is 38.7 Å². The molecule has 0 heterocycles. The maximum Gasteiger partial charge on any atom is 0.337 e. The smallest absolute Gasteiger partial charge is 0.337 e. The molecule has 0 saturated heterocycles. The number of hydrogen-bond acceptors (Lipinski definition) is 6. The summed E-state index contributed by atoms with van der Waals surface area (Å²) >= 11 is 0. The number of methoxy groups -OCH3 is 1. The highest BCUT2D eigenvalue weighted by Crippen LogP contribution is 2.46. The van der Waals surface area contributed by atoms with Gasteiger partial charge in [0.15, 0.2) is 0 Å². The molecule has 1 fully saturated rings. The first kappa shape index (κ1) is 19.0. The second-order valence-corrected chi connectivity index (χ2v) is 6.82. The Bertz CT molecular complexity index is 716. The first-order valence-electron chi connectivity index (χ1n) is 8.04. The fourth-order valence-corrected chi connectivity index (χ4v) is 3.87. The summed E-state index contributed by atoms with van der Waals surface area (Å²) in [5, 5.41) is 10.7. The van der Waals surface area contributed by atoms with Crippen molar-refractivity contribution in [2.24, 2.45) is 11.8 Å². The molecule has 1 saturated carbocycles. The van der Waals surface area contributed by atoms with E-state index in [9.17, 15) is 24.3 Å². The third-order valence-corrected chi connectivity index (χ3v) is 4.86. The summed E-state index contributed by atoms with van der Waals surface area (Å²) in [5.74, 6) is -4.15. The van der Waals surface area contributed by atoms with E-state index in [1.165, 1.54) is 40.0 Å². The molecule has 6 heteroatoms. The number of rotatable bonds is 4. The molecule has 0 aromatic heterocycles. The number of benzene rings is 1. The molecule has 1 aliphatic carbocycles. The van der Waals surface area contributed by atoms with Crippen LogP contribution in [0.4, 0.5) is 0 Å². The van der Waals surface area contributed by atoms with Gasteiger partial charge in [-0.3, -0.25) is 14.4 Å². The Morgan fingerprint density at radius 3 is 2.12 bits per heavy atom. The van der Waals surface area contributed by atoms with Gasteiger partial charge in [-0.1, -0.05) is 12.1 Å². The summed E-state index contributed by atoms with van der Waals surface area (Å²) in [6, 6.07) is 6.22. The number of ether oxygens (including phenoxy) is 1. The molecule has 0 unspecified atom stereocenters. The largest absolute Gasteiger partial charge is 0.465 e. The van der Waals surface area contributed by atoms with E-state index in [-0.39, 0.29) is 23.8 Å².